The van der Waals surface area contributed by atoms with Crippen molar-refractivity contribution in [2.75, 3.05) is 23.3 Å². The Morgan fingerprint density at radius 2 is 1.86 bits per heavy atom. The van der Waals surface area contributed by atoms with Gasteiger partial charge in [-0.15, -0.1) is 0 Å². The molecule has 1 aliphatic rings. The summed E-state index contributed by atoms with van der Waals surface area (Å²) in [5.41, 5.74) is 1.92. The van der Waals surface area contributed by atoms with E-state index in [1.54, 1.807) is 36.4 Å². The van der Waals surface area contributed by atoms with Gasteiger partial charge in [0.2, 0.25) is 0 Å². The average molecular weight is 412 g/mol. The number of nitro groups is 1. The van der Waals surface area contributed by atoms with Gasteiger partial charge in [-0.05, 0) is 37.1 Å². The van der Waals surface area contributed by atoms with E-state index in [2.05, 4.69) is 10.2 Å². The van der Waals surface area contributed by atoms with Gasteiger partial charge in [0.05, 0.1) is 21.3 Å². The van der Waals surface area contributed by atoms with Crippen molar-refractivity contribution in [3.05, 3.63) is 75.5 Å². The fourth-order valence-corrected chi connectivity index (χ4v) is 3.74. The highest BCUT2D eigenvalue weighted by molar-refractivity contribution is 6.34. The quantitative estimate of drug-likeness (QED) is 0.451. The molecule has 0 unspecified atom stereocenters. The van der Waals surface area contributed by atoms with E-state index in [4.69, 9.17) is 16.0 Å². The zero-order valence-corrected chi connectivity index (χ0v) is 16.2. The first-order chi connectivity index (χ1) is 14.0. The summed E-state index contributed by atoms with van der Waals surface area (Å²) in [6.45, 7) is 1.79. The molecule has 148 valence electrons. The molecule has 29 heavy (non-hydrogen) atoms. The van der Waals surface area contributed by atoms with E-state index in [9.17, 15) is 14.9 Å². The largest absolute Gasteiger partial charge is 0.451 e. The molecule has 1 saturated heterocycles. The molecular formula is C21H18ClN3O4. The highest BCUT2D eigenvalue weighted by atomic mass is 35.5. The Hall–Kier alpha value is -3.32. The van der Waals surface area contributed by atoms with Crippen LogP contribution in [-0.2, 0) is 0 Å². The molecule has 1 aromatic heterocycles. The SMILES string of the molecule is O=C(Nc1cccc(Cl)c1N1CCCC1)c1ccc(-c2cccc([N+](=O)[O-])c2)o1. The van der Waals surface area contributed by atoms with Crippen molar-refractivity contribution in [1.82, 2.24) is 0 Å². The summed E-state index contributed by atoms with van der Waals surface area (Å²) < 4.78 is 5.65. The molecule has 3 aromatic rings. The second-order valence-corrected chi connectivity index (χ2v) is 7.16. The third-order valence-corrected chi connectivity index (χ3v) is 5.13. The molecule has 4 rings (SSSR count). The van der Waals surface area contributed by atoms with Crippen LogP contribution in [0.15, 0.2) is 59.0 Å². The molecule has 1 fully saturated rings. The van der Waals surface area contributed by atoms with Gasteiger partial charge in [-0.3, -0.25) is 14.9 Å². The maximum absolute atomic E-state index is 12.7. The zero-order valence-electron chi connectivity index (χ0n) is 15.4. The fourth-order valence-electron chi connectivity index (χ4n) is 3.45. The number of hydrogen-bond donors (Lipinski definition) is 1. The van der Waals surface area contributed by atoms with E-state index < -0.39 is 10.8 Å². The van der Waals surface area contributed by atoms with Crippen LogP contribution in [0.3, 0.4) is 0 Å². The third-order valence-electron chi connectivity index (χ3n) is 4.83. The molecule has 0 saturated carbocycles. The minimum atomic E-state index is -0.473. The van der Waals surface area contributed by atoms with Crippen LogP contribution in [0.2, 0.25) is 5.02 Å². The Labute approximate surface area is 172 Å². The summed E-state index contributed by atoms with van der Waals surface area (Å²) in [6, 6.07) is 14.6. The lowest BCUT2D eigenvalue weighted by atomic mass is 10.1. The van der Waals surface area contributed by atoms with Gasteiger partial charge in [0.15, 0.2) is 5.76 Å². The molecule has 1 aliphatic heterocycles. The first-order valence-electron chi connectivity index (χ1n) is 9.22. The number of nitro benzene ring substituents is 1. The summed E-state index contributed by atoms with van der Waals surface area (Å²) in [5, 5.41) is 14.4. The predicted octanol–water partition coefficient (Wildman–Crippen LogP) is 5.36. The number of amides is 1. The number of anilines is 2. The normalized spacial score (nSPS) is 13.5. The molecule has 1 N–H and O–H groups in total. The lowest BCUT2D eigenvalue weighted by molar-refractivity contribution is -0.384. The van der Waals surface area contributed by atoms with Crippen LogP contribution in [0.5, 0.6) is 0 Å². The van der Waals surface area contributed by atoms with Crippen LogP contribution in [0.25, 0.3) is 11.3 Å². The van der Waals surface area contributed by atoms with Crippen molar-refractivity contribution in [3.63, 3.8) is 0 Å². The van der Waals surface area contributed by atoms with Crippen molar-refractivity contribution in [1.29, 1.82) is 0 Å². The Kier molecular flexibility index (Phi) is 5.22. The lowest BCUT2D eigenvalue weighted by Crippen LogP contribution is -2.21. The van der Waals surface area contributed by atoms with Gasteiger partial charge >= 0.3 is 0 Å². The second kappa shape index (κ2) is 7.97. The molecule has 2 heterocycles. The Bertz CT molecular complexity index is 1070. The summed E-state index contributed by atoms with van der Waals surface area (Å²) >= 11 is 6.39. The zero-order chi connectivity index (χ0) is 20.4. The number of para-hydroxylation sites is 1. The van der Waals surface area contributed by atoms with Crippen molar-refractivity contribution in [3.8, 4) is 11.3 Å². The molecule has 7 nitrogen and oxygen atoms in total. The predicted molar refractivity (Wildman–Crippen MR) is 112 cm³/mol. The minimum Gasteiger partial charge on any atom is -0.451 e. The Balaban J connectivity index is 1.57. The van der Waals surface area contributed by atoms with Crippen LogP contribution in [-0.4, -0.2) is 23.9 Å². The number of nitrogens with zero attached hydrogens (tertiary/aromatic N) is 2. The number of hydrogen-bond acceptors (Lipinski definition) is 5. The first-order valence-corrected chi connectivity index (χ1v) is 9.60. The Morgan fingerprint density at radius 1 is 1.10 bits per heavy atom. The van der Waals surface area contributed by atoms with Crippen molar-refractivity contribution in [2.45, 2.75) is 12.8 Å². The number of benzene rings is 2. The highest BCUT2D eigenvalue weighted by Crippen LogP contribution is 2.36. The van der Waals surface area contributed by atoms with Crippen LogP contribution in [0.1, 0.15) is 23.4 Å². The van der Waals surface area contributed by atoms with Gasteiger partial charge < -0.3 is 14.6 Å². The molecule has 0 spiro atoms. The van der Waals surface area contributed by atoms with Gasteiger partial charge in [0.1, 0.15) is 5.76 Å². The summed E-state index contributed by atoms with van der Waals surface area (Å²) in [4.78, 5) is 25.4. The maximum Gasteiger partial charge on any atom is 0.291 e. The molecular weight excluding hydrogens is 394 g/mol. The third kappa shape index (κ3) is 3.95. The van der Waals surface area contributed by atoms with Crippen molar-refractivity contribution in [2.24, 2.45) is 0 Å². The lowest BCUT2D eigenvalue weighted by Gasteiger charge is -2.22. The van der Waals surface area contributed by atoms with E-state index >= 15 is 0 Å². The van der Waals surface area contributed by atoms with E-state index in [1.165, 1.54) is 12.1 Å². The van der Waals surface area contributed by atoms with Crippen LogP contribution in [0.4, 0.5) is 17.1 Å². The van der Waals surface area contributed by atoms with E-state index in [-0.39, 0.29) is 11.4 Å². The van der Waals surface area contributed by atoms with Crippen molar-refractivity contribution < 1.29 is 14.1 Å². The number of carbonyl (C=O) groups is 1. The molecule has 8 heteroatoms. The van der Waals surface area contributed by atoms with Crippen LogP contribution in [0, 0.1) is 10.1 Å². The van der Waals surface area contributed by atoms with Crippen LogP contribution >= 0.6 is 11.6 Å². The minimum absolute atomic E-state index is 0.0425. The number of rotatable bonds is 5. The van der Waals surface area contributed by atoms with Crippen molar-refractivity contribution >= 4 is 34.6 Å². The molecule has 1 amide bonds. The number of halogens is 1. The standard InChI is InChI=1S/C21H18ClN3O4/c22-16-7-4-8-17(20(16)24-11-1-2-12-24)23-21(26)19-10-9-18(29-19)14-5-3-6-15(13-14)25(27)28/h3-10,13H,1-2,11-12H2,(H,23,26). The van der Waals surface area contributed by atoms with Gasteiger partial charge in [0.25, 0.3) is 11.6 Å². The smallest absolute Gasteiger partial charge is 0.291 e. The topological polar surface area (TPSA) is 88.6 Å². The van der Waals surface area contributed by atoms with E-state index in [0.717, 1.165) is 31.6 Å². The molecule has 2 aromatic carbocycles. The molecule has 0 bridgehead atoms. The average Bonchev–Trinajstić information content (AvgIpc) is 3.40. The summed E-state index contributed by atoms with van der Waals surface area (Å²) in [7, 11) is 0. The number of carbonyl (C=O) groups excluding carboxylic acids is 1. The van der Waals surface area contributed by atoms with Gasteiger partial charge in [-0.2, -0.15) is 0 Å². The fraction of sp³-hybridized carbons (Fsp3) is 0.190. The maximum atomic E-state index is 12.7. The Morgan fingerprint density at radius 3 is 2.62 bits per heavy atom. The summed E-state index contributed by atoms with van der Waals surface area (Å²) in [5.74, 6) is 0.0768. The number of non-ortho nitro benzene ring substituents is 1. The second-order valence-electron chi connectivity index (χ2n) is 6.76. The number of furan rings is 1. The molecule has 0 atom stereocenters. The molecule has 0 aliphatic carbocycles. The van der Waals surface area contributed by atoms with Crippen LogP contribution < -0.4 is 10.2 Å². The van der Waals surface area contributed by atoms with Gasteiger partial charge in [0, 0.05) is 30.8 Å². The van der Waals surface area contributed by atoms with E-state index in [0.29, 0.717) is 22.0 Å². The van der Waals surface area contributed by atoms with Gasteiger partial charge in [-0.25, -0.2) is 0 Å². The monoisotopic (exact) mass is 411 g/mol. The molecule has 0 radical (unpaired) electrons. The van der Waals surface area contributed by atoms with Gasteiger partial charge in [-0.1, -0.05) is 29.8 Å². The number of nitrogens with one attached hydrogen (secondary N) is 1. The highest BCUT2D eigenvalue weighted by Gasteiger charge is 2.21. The summed E-state index contributed by atoms with van der Waals surface area (Å²) in [6.07, 6.45) is 2.17. The van der Waals surface area contributed by atoms with E-state index in [1.807, 2.05) is 6.07 Å². The first kappa shape index (κ1) is 19.0.